The van der Waals surface area contributed by atoms with Crippen LogP contribution in [-0.2, 0) is 11.0 Å². The number of rotatable bonds is 7. The van der Waals surface area contributed by atoms with E-state index in [1.54, 1.807) is 28.0 Å². The van der Waals surface area contributed by atoms with Crippen molar-refractivity contribution in [1.29, 1.82) is 0 Å². The van der Waals surface area contributed by atoms with E-state index in [2.05, 4.69) is 0 Å². The molecule has 0 unspecified atom stereocenters. The Morgan fingerprint density at radius 1 is 0.951 bits per heavy atom. The Hall–Kier alpha value is -3.69. The van der Waals surface area contributed by atoms with Crippen molar-refractivity contribution in [1.82, 2.24) is 9.80 Å². The molecule has 10 heteroatoms. The molecule has 2 heterocycles. The molecule has 41 heavy (non-hydrogen) atoms. The number of nitrogens with zero attached hydrogens (tertiary/aromatic N) is 2. The number of alkyl halides is 3. The van der Waals surface area contributed by atoms with Crippen molar-refractivity contribution in [2.75, 3.05) is 41.0 Å². The van der Waals surface area contributed by atoms with Crippen molar-refractivity contribution >= 4 is 17.9 Å². The lowest BCUT2D eigenvalue weighted by molar-refractivity contribution is -0.149. The molecule has 5 rings (SSSR count). The summed E-state index contributed by atoms with van der Waals surface area (Å²) < 4.78 is 58.3. The quantitative estimate of drug-likeness (QED) is 0.386. The van der Waals surface area contributed by atoms with Crippen LogP contribution in [0.2, 0.25) is 0 Å². The molecule has 220 valence electrons. The Balaban J connectivity index is 1.27. The zero-order valence-corrected chi connectivity index (χ0v) is 23.6. The summed E-state index contributed by atoms with van der Waals surface area (Å²) in [6, 6.07) is 7.53. The molecule has 1 saturated carbocycles. The van der Waals surface area contributed by atoms with Crippen molar-refractivity contribution in [3.05, 3.63) is 58.7 Å². The van der Waals surface area contributed by atoms with E-state index in [0.717, 1.165) is 38.2 Å². The van der Waals surface area contributed by atoms with E-state index >= 15 is 0 Å². The van der Waals surface area contributed by atoms with Crippen LogP contribution in [-0.4, -0.2) is 68.1 Å². The van der Waals surface area contributed by atoms with Crippen LogP contribution in [0.25, 0.3) is 6.08 Å². The van der Waals surface area contributed by atoms with Crippen molar-refractivity contribution in [2.45, 2.75) is 56.2 Å². The maximum absolute atomic E-state index is 14.0. The zero-order chi connectivity index (χ0) is 29.4. The summed E-state index contributed by atoms with van der Waals surface area (Å²) in [6.45, 7) is 1.11. The number of methoxy groups -OCH3 is 3. The second-order valence-electron chi connectivity index (χ2n) is 11.0. The summed E-state index contributed by atoms with van der Waals surface area (Å²) >= 11 is 0. The first-order valence-corrected chi connectivity index (χ1v) is 13.9. The van der Waals surface area contributed by atoms with Gasteiger partial charge in [-0.2, -0.15) is 13.2 Å². The van der Waals surface area contributed by atoms with Crippen molar-refractivity contribution in [3.8, 4) is 17.2 Å². The Kier molecular flexibility index (Phi) is 7.94. The molecule has 2 saturated heterocycles. The monoisotopic (exact) mass is 572 g/mol. The number of likely N-dealkylation sites (tertiary alicyclic amines) is 2. The lowest BCUT2D eigenvalue weighted by Crippen LogP contribution is -2.78. The molecule has 1 spiro atoms. The van der Waals surface area contributed by atoms with E-state index in [-0.39, 0.29) is 17.4 Å². The van der Waals surface area contributed by atoms with Gasteiger partial charge in [-0.25, -0.2) is 0 Å². The van der Waals surface area contributed by atoms with E-state index in [9.17, 15) is 22.8 Å². The second-order valence-corrected chi connectivity index (χ2v) is 11.0. The molecule has 0 atom stereocenters. The van der Waals surface area contributed by atoms with Gasteiger partial charge in [0.15, 0.2) is 11.5 Å². The van der Waals surface area contributed by atoms with Gasteiger partial charge in [-0.3, -0.25) is 9.59 Å². The van der Waals surface area contributed by atoms with Gasteiger partial charge in [0.2, 0.25) is 11.7 Å². The molecule has 2 aromatic carbocycles. The molecular formula is C31H35F3N2O5. The normalized spacial score (nSPS) is 18.7. The van der Waals surface area contributed by atoms with Crippen LogP contribution >= 0.6 is 0 Å². The Morgan fingerprint density at radius 2 is 1.66 bits per heavy atom. The SMILES string of the molecule is COc1ccc(/C=C/C(=O)N2CC3(CCN3C(=O)c3ccc(C4CCCCC4)c(C(F)(F)F)c3)C2)c(OC)c1OC. The summed E-state index contributed by atoms with van der Waals surface area (Å²) in [5.74, 6) is 0.560. The zero-order valence-electron chi connectivity index (χ0n) is 23.6. The summed E-state index contributed by atoms with van der Waals surface area (Å²) in [6.07, 6.45) is 3.60. The summed E-state index contributed by atoms with van der Waals surface area (Å²) in [7, 11) is 4.52. The number of ether oxygens (including phenoxy) is 3. The van der Waals surface area contributed by atoms with Gasteiger partial charge in [-0.15, -0.1) is 0 Å². The minimum absolute atomic E-state index is 0.0428. The minimum Gasteiger partial charge on any atom is -0.493 e. The molecule has 1 aliphatic carbocycles. The fraction of sp³-hybridized carbons (Fsp3) is 0.484. The van der Waals surface area contributed by atoms with E-state index in [0.29, 0.717) is 54.4 Å². The number of amides is 2. The predicted octanol–water partition coefficient (Wildman–Crippen LogP) is 5.92. The van der Waals surface area contributed by atoms with E-state index in [1.807, 2.05) is 0 Å². The molecule has 3 aliphatic rings. The highest BCUT2D eigenvalue weighted by molar-refractivity contribution is 5.97. The van der Waals surface area contributed by atoms with Crippen LogP contribution in [0.5, 0.6) is 17.2 Å². The predicted molar refractivity (Wildman–Crippen MR) is 147 cm³/mol. The van der Waals surface area contributed by atoms with Crippen molar-refractivity contribution < 1.29 is 37.0 Å². The lowest BCUT2D eigenvalue weighted by Gasteiger charge is -2.62. The first kappa shape index (κ1) is 28.8. The van der Waals surface area contributed by atoms with Crippen LogP contribution < -0.4 is 14.2 Å². The van der Waals surface area contributed by atoms with Crippen LogP contribution in [0.3, 0.4) is 0 Å². The third kappa shape index (κ3) is 5.36. The topological polar surface area (TPSA) is 68.3 Å². The number of halogens is 3. The van der Waals surface area contributed by atoms with Gasteiger partial charge in [0, 0.05) is 36.8 Å². The fourth-order valence-electron chi connectivity index (χ4n) is 6.39. The van der Waals surface area contributed by atoms with Gasteiger partial charge in [0.25, 0.3) is 5.91 Å². The van der Waals surface area contributed by atoms with E-state index in [1.165, 1.54) is 39.5 Å². The lowest BCUT2D eigenvalue weighted by atomic mass is 9.76. The molecule has 7 nitrogen and oxygen atoms in total. The number of hydrogen-bond donors (Lipinski definition) is 0. The molecule has 0 aromatic heterocycles. The first-order valence-electron chi connectivity index (χ1n) is 13.9. The third-order valence-corrected chi connectivity index (χ3v) is 8.69. The third-order valence-electron chi connectivity index (χ3n) is 8.69. The molecule has 0 N–H and O–H groups in total. The average molecular weight is 573 g/mol. The molecule has 0 radical (unpaired) electrons. The first-order chi connectivity index (χ1) is 19.6. The summed E-state index contributed by atoms with van der Waals surface area (Å²) in [5.41, 5.74) is -0.272. The largest absolute Gasteiger partial charge is 0.493 e. The van der Waals surface area contributed by atoms with Gasteiger partial charge in [0.1, 0.15) is 0 Å². The van der Waals surface area contributed by atoms with Crippen LogP contribution in [0.15, 0.2) is 36.4 Å². The van der Waals surface area contributed by atoms with Gasteiger partial charge in [0.05, 0.1) is 32.4 Å². The van der Waals surface area contributed by atoms with Gasteiger partial charge in [-0.1, -0.05) is 25.3 Å². The van der Waals surface area contributed by atoms with Crippen LogP contribution in [0.1, 0.15) is 71.5 Å². The summed E-state index contributed by atoms with van der Waals surface area (Å²) in [4.78, 5) is 29.5. The molecule has 3 fully saturated rings. The van der Waals surface area contributed by atoms with Gasteiger partial charge < -0.3 is 24.0 Å². The molecular weight excluding hydrogens is 537 g/mol. The van der Waals surface area contributed by atoms with Crippen LogP contribution in [0.4, 0.5) is 13.2 Å². The highest BCUT2D eigenvalue weighted by Crippen LogP contribution is 2.44. The highest BCUT2D eigenvalue weighted by Gasteiger charge is 2.56. The van der Waals surface area contributed by atoms with Gasteiger partial charge in [-0.05, 0) is 61.1 Å². The standard InChI is InChI=1S/C31H35F3N2O5/c1-39-25-13-10-21(27(40-2)28(25)41-3)11-14-26(37)35-18-30(19-35)15-16-36(30)29(38)22-9-12-23(20-7-5-4-6-8-20)24(17-22)31(32,33)34/h9-14,17,20H,4-8,15-16,18-19H2,1-3H3/b14-11+. The van der Waals surface area contributed by atoms with Crippen molar-refractivity contribution in [2.24, 2.45) is 0 Å². The Bertz CT molecular complexity index is 1340. The number of hydrogen-bond acceptors (Lipinski definition) is 5. The second kappa shape index (κ2) is 11.3. The van der Waals surface area contributed by atoms with Crippen molar-refractivity contribution in [3.63, 3.8) is 0 Å². The number of carbonyl (C=O) groups is 2. The highest BCUT2D eigenvalue weighted by atomic mass is 19.4. The van der Waals surface area contributed by atoms with Gasteiger partial charge >= 0.3 is 6.18 Å². The molecule has 2 amide bonds. The smallest absolute Gasteiger partial charge is 0.416 e. The Morgan fingerprint density at radius 3 is 2.24 bits per heavy atom. The fourth-order valence-corrected chi connectivity index (χ4v) is 6.39. The number of carbonyl (C=O) groups excluding carboxylic acids is 2. The number of benzene rings is 2. The van der Waals surface area contributed by atoms with E-state index in [4.69, 9.17) is 14.2 Å². The average Bonchev–Trinajstić information content (AvgIpc) is 2.93. The molecule has 2 aromatic rings. The minimum atomic E-state index is -4.53. The maximum atomic E-state index is 14.0. The van der Waals surface area contributed by atoms with Crippen LogP contribution in [0, 0.1) is 0 Å². The molecule has 2 aliphatic heterocycles. The maximum Gasteiger partial charge on any atom is 0.416 e. The summed E-state index contributed by atoms with van der Waals surface area (Å²) in [5, 5.41) is 0. The van der Waals surface area contributed by atoms with E-state index < -0.39 is 23.2 Å². The Labute approximate surface area is 237 Å². The molecule has 0 bridgehead atoms.